The van der Waals surface area contributed by atoms with Crippen LogP contribution < -0.4 is 10.6 Å². The monoisotopic (exact) mass is 283 g/mol. The van der Waals surface area contributed by atoms with Crippen LogP contribution in [0.5, 0.6) is 0 Å². The molecule has 19 heavy (non-hydrogen) atoms. The summed E-state index contributed by atoms with van der Waals surface area (Å²) in [6.45, 7) is 2.53. The van der Waals surface area contributed by atoms with Crippen LogP contribution in [0.4, 0.5) is 11.5 Å². The van der Waals surface area contributed by atoms with Gasteiger partial charge < -0.3 is 15.5 Å². The molecule has 0 bridgehead atoms. The van der Waals surface area contributed by atoms with Gasteiger partial charge in [0.2, 0.25) is 11.2 Å². The Balaban J connectivity index is 2.38. The summed E-state index contributed by atoms with van der Waals surface area (Å²) in [6.07, 6.45) is 1.74. The molecule has 1 amide bonds. The van der Waals surface area contributed by atoms with Gasteiger partial charge in [-0.2, -0.15) is 4.98 Å². The Labute approximate surface area is 117 Å². The first-order chi connectivity index (χ1) is 8.91. The number of carbonyl (C=O) groups is 1. The molecule has 1 aliphatic heterocycles. The quantitative estimate of drug-likeness (QED) is 0.822. The lowest BCUT2D eigenvalue weighted by atomic mass is 10.2. The number of hydrogen-bond donors (Lipinski definition) is 1. The van der Waals surface area contributed by atoms with E-state index in [0.717, 1.165) is 19.4 Å². The van der Waals surface area contributed by atoms with E-state index in [9.17, 15) is 4.79 Å². The van der Waals surface area contributed by atoms with Crippen molar-refractivity contribution in [3.05, 3.63) is 11.0 Å². The molecule has 1 aliphatic rings. The van der Waals surface area contributed by atoms with Gasteiger partial charge >= 0.3 is 0 Å². The molecule has 0 radical (unpaired) electrons. The van der Waals surface area contributed by atoms with E-state index in [1.54, 1.807) is 25.9 Å². The third-order valence-electron chi connectivity index (χ3n) is 3.34. The third kappa shape index (κ3) is 2.58. The van der Waals surface area contributed by atoms with Crippen molar-refractivity contribution in [2.24, 2.45) is 0 Å². The summed E-state index contributed by atoms with van der Waals surface area (Å²) in [7, 11) is 3.50. The normalized spacial score (nSPS) is 18.7. The van der Waals surface area contributed by atoms with Crippen LogP contribution in [0.3, 0.4) is 0 Å². The van der Waals surface area contributed by atoms with Gasteiger partial charge in [-0.1, -0.05) is 0 Å². The smallest absolute Gasteiger partial charge is 0.244 e. The van der Waals surface area contributed by atoms with Crippen LogP contribution in [0.1, 0.15) is 18.5 Å². The molecular weight excluding hydrogens is 266 g/mol. The van der Waals surface area contributed by atoms with Gasteiger partial charge in [0.1, 0.15) is 6.04 Å². The van der Waals surface area contributed by atoms with E-state index in [1.165, 1.54) is 0 Å². The highest BCUT2D eigenvalue weighted by Crippen LogP contribution is 2.31. The molecule has 6 nitrogen and oxygen atoms in total. The fourth-order valence-electron chi connectivity index (χ4n) is 2.33. The van der Waals surface area contributed by atoms with Crippen molar-refractivity contribution in [2.75, 3.05) is 31.3 Å². The Bertz CT molecular complexity index is 505. The Morgan fingerprint density at radius 1 is 1.47 bits per heavy atom. The van der Waals surface area contributed by atoms with Crippen LogP contribution >= 0.6 is 11.6 Å². The van der Waals surface area contributed by atoms with Crippen molar-refractivity contribution in [3.63, 3.8) is 0 Å². The number of hydrogen-bond acceptors (Lipinski definition) is 5. The summed E-state index contributed by atoms with van der Waals surface area (Å²) in [5, 5.41) is 0.157. The maximum Gasteiger partial charge on any atom is 0.244 e. The van der Waals surface area contributed by atoms with Gasteiger partial charge in [-0.3, -0.25) is 4.79 Å². The molecule has 104 valence electrons. The van der Waals surface area contributed by atoms with Crippen molar-refractivity contribution in [1.82, 2.24) is 14.9 Å². The second-order valence-corrected chi connectivity index (χ2v) is 5.24. The number of nitrogens with two attached hydrogens (primary N) is 1. The Morgan fingerprint density at radius 3 is 2.79 bits per heavy atom. The van der Waals surface area contributed by atoms with E-state index < -0.39 is 0 Å². The number of carbonyl (C=O) groups excluding carboxylic acids is 1. The van der Waals surface area contributed by atoms with Gasteiger partial charge in [-0.15, -0.1) is 0 Å². The number of nitrogen functional groups attached to an aromatic ring is 1. The average Bonchev–Trinajstić information content (AvgIpc) is 2.81. The lowest BCUT2D eigenvalue weighted by Gasteiger charge is -2.28. The second-order valence-electron chi connectivity index (χ2n) is 4.90. The number of likely N-dealkylation sites (N-methyl/N-ethyl adjacent to an activating group) is 1. The molecule has 1 unspecified atom stereocenters. The Morgan fingerprint density at radius 2 is 2.16 bits per heavy atom. The first-order valence-corrected chi connectivity index (χ1v) is 6.57. The van der Waals surface area contributed by atoms with Crippen LogP contribution in [0, 0.1) is 6.92 Å². The predicted octanol–water partition coefficient (Wildman–Crippen LogP) is 1.08. The number of amides is 1. The highest BCUT2D eigenvalue weighted by atomic mass is 35.5. The van der Waals surface area contributed by atoms with Crippen molar-refractivity contribution in [1.29, 1.82) is 0 Å². The zero-order valence-corrected chi connectivity index (χ0v) is 12.1. The Kier molecular flexibility index (Phi) is 3.80. The third-order valence-corrected chi connectivity index (χ3v) is 3.51. The van der Waals surface area contributed by atoms with Crippen molar-refractivity contribution in [3.8, 4) is 0 Å². The summed E-state index contributed by atoms with van der Waals surface area (Å²) in [6, 6.07) is -0.220. The molecule has 2 N–H and O–H groups in total. The summed E-state index contributed by atoms with van der Waals surface area (Å²) in [5.74, 6) is 0.625. The molecule has 0 spiro atoms. The molecule has 1 aromatic heterocycles. The van der Waals surface area contributed by atoms with Crippen LogP contribution in [0.25, 0.3) is 0 Å². The van der Waals surface area contributed by atoms with E-state index in [2.05, 4.69) is 9.97 Å². The molecule has 0 aromatic carbocycles. The van der Waals surface area contributed by atoms with Gasteiger partial charge in [0.25, 0.3) is 0 Å². The first kappa shape index (κ1) is 13.9. The zero-order valence-electron chi connectivity index (χ0n) is 11.4. The van der Waals surface area contributed by atoms with Gasteiger partial charge in [-0.05, 0) is 31.4 Å². The SMILES string of the molecule is Cc1nc(Cl)nc(N2CCCC2C(=O)N(C)C)c1N. The predicted molar refractivity (Wildman–Crippen MR) is 75.3 cm³/mol. The fourth-order valence-corrected chi connectivity index (χ4v) is 2.53. The van der Waals surface area contributed by atoms with Gasteiger partial charge in [-0.25, -0.2) is 4.98 Å². The molecule has 0 saturated carbocycles. The molecule has 2 rings (SSSR count). The maximum atomic E-state index is 12.2. The average molecular weight is 284 g/mol. The summed E-state index contributed by atoms with van der Waals surface area (Å²) >= 11 is 5.89. The first-order valence-electron chi connectivity index (χ1n) is 6.19. The zero-order chi connectivity index (χ0) is 14.2. The van der Waals surface area contributed by atoms with E-state index in [4.69, 9.17) is 17.3 Å². The largest absolute Gasteiger partial charge is 0.394 e. The van der Waals surface area contributed by atoms with Gasteiger partial charge in [0.15, 0.2) is 5.82 Å². The molecule has 1 fully saturated rings. The fraction of sp³-hybridized carbons (Fsp3) is 0.583. The molecule has 1 aromatic rings. The van der Waals surface area contributed by atoms with E-state index in [-0.39, 0.29) is 17.2 Å². The number of aromatic nitrogens is 2. The Hall–Kier alpha value is -1.56. The molecular formula is C12H18ClN5O. The number of aryl methyl sites for hydroxylation is 1. The molecule has 0 aliphatic carbocycles. The highest BCUT2D eigenvalue weighted by molar-refractivity contribution is 6.28. The standard InChI is InChI=1S/C12H18ClN5O/c1-7-9(14)10(16-12(13)15-7)18-6-4-5-8(18)11(19)17(2)3/h8H,4-6,14H2,1-3H3. The maximum absolute atomic E-state index is 12.2. The van der Waals surface area contributed by atoms with Gasteiger partial charge in [0, 0.05) is 20.6 Å². The lowest BCUT2D eigenvalue weighted by molar-refractivity contribution is -0.129. The number of nitrogens with zero attached hydrogens (tertiary/aromatic N) is 4. The highest BCUT2D eigenvalue weighted by Gasteiger charge is 2.34. The molecule has 7 heteroatoms. The van der Waals surface area contributed by atoms with E-state index >= 15 is 0 Å². The minimum atomic E-state index is -0.220. The lowest BCUT2D eigenvalue weighted by Crippen LogP contribution is -2.43. The van der Waals surface area contributed by atoms with E-state index in [0.29, 0.717) is 17.2 Å². The van der Waals surface area contributed by atoms with E-state index in [1.807, 2.05) is 4.90 Å². The number of rotatable bonds is 2. The summed E-state index contributed by atoms with van der Waals surface area (Å²) in [5.41, 5.74) is 7.15. The molecule has 1 atom stereocenters. The van der Waals surface area contributed by atoms with Crippen molar-refractivity contribution in [2.45, 2.75) is 25.8 Å². The van der Waals surface area contributed by atoms with Crippen LogP contribution in [-0.2, 0) is 4.79 Å². The summed E-state index contributed by atoms with van der Waals surface area (Å²) in [4.78, 5) is 23.9. The number of halogens is 1. The minimum Gasteiger partial charge on any atom is -0.394 e. The van der Waals surface area contributed by atoms with Crippen LogP contribution in [0.15, 0.2) is 0 Å². The summed E-state index contributed by atoms with van der Waals surface area (Å²) < 4.78 is 0. The second kappa shape index (κ2) is 5.21. The molecule has 2 heterocycles. The van der Waals surface area contributed by atoms with Crippen molar-refractivity contribution < 1.29 is 4.79 Å². The number of anilines is 2. The minimum absolute atomic E-state index is 0.0595. The van der Waals surface area contributed by atoms with Crippen LogP contribution in [-0.4, -0.2) is 47.5 Å². The van der Waals surface area contributed by atoms with Gasteiger partial charge in [0.05, 0.1) is 11.4 Å². The van der Waals surface area contributed by atoms with Crippen molar-refractivity contribution >= 4 is 29.0 Å². The van der Waals surface area contributed by atoms with Crippen LogP contribution in [0.2, 0.25) is 5.28 Å². The topological polar surface area (TPSA) is 75.4 Å². The molecule has 1 saturated heterocycles.